The molecule has 110 valence electrons. The van der Waals surface area contributed by atoms with Gasteiger partial charge in [0.05, 0.1) is 0 Å². The Labute approximate surface area is 116 Å². The fourth-order valence-corrected chi connectivity index (χ4v) is 1.66. The van der Waals surface area contributed by atoms with Crippen LogP contribution in [-0.2, 0) is 9.47 Å². The first kappa shape index (κ1) is 16.3. The van der Waals surface area contributed by atoms with Crippen molar-refractivity contribution in [3.8, 4) is 0 Å². The highest BCUT2D eigenvalue weighted by Crippen LogP contribution is 2.33. The second-order valence-corrected chi connectivity index (χ2v) is 4.03. The predicted molar refractivity (Wildman–Crippen MR) is 71.1 cm³/mol. The standard InChI is InChI=1S/C15H17F3O2/c1-4-13(19-5-2)14(12-9-7-6-8-10-12)20-11(3)15(16,17)18/h4,6-10,13-14H,1,3,5H2,2H3. The Hall–Kier alpha value is -1.75. The van der Waals surface area contributed by atoms with Crippen LogP contribution in [0.4, 0.5) is 13.2 Å². The Morgan fingerprint density at radius 3 is 2.35 bits per heavy atom. The largest absolute Gasteiger partial charge is 0.478 e. The van der Waals surface area contributed by atoms with E-state index in [0.717, 1.165) is 0 Å². The van der Waals surface area contributed by atoms with Gasteiger partial charge in [0.1, 0.15) is 6.10 Å². The van der Waals surface area contributed by atoms with E-state index in [0.29, 0.717) is 12.2 Å². The van der Waals surface area contributed by atoms with Gasteiger partial charge in [-0.3, -0.25) is 0 Å². The smallest absolute Gasteiger partial charge is 0.448 e. The molecule has 0 fully saturated rings. The van der Waals surface area contributed by atoms with Gasteiger partial charge in [-0.2, -0.15) is 13.2 Å². The van der Waals surface area contributed by atoms with Gasteiger partial charge in [-0.15, -0.1) is 6.58 Å². The maximum atomic E-state index is 12.6. The molecule has 20 heavy (non-hydrogen) atoms. The summed E-state index contributed by atoms with van der Waals surface area (Å²) in [5.41, 5.74) is 0.566. The zero-order valence-electron chi connectivity index (χ0n) is 11.2. The third-order valence-electron chi connectivity index (χ3n) is 2.60. The molecule has 2 atom stereocenters. The zero-order valence-corrected chi connectivity index (χ0v) is 11.2. The number of halogens is 3. The third-order valence-corrected chi connectivity index (χ3v) is 2.60. The molecular formula is C15H17F3O2. The molecule has 0 aromatic heterocycles. The lowest BCUT2D eigenvalue weighted by molar-refractivity contribution is -0.150. The minimum atomic E-state index is -4.61. The topological polar surface area (TPSA) is 18.5 Å². The Bertz CT molecular complexity index is 440. The molecule has 0 aliphatic carbocycles. The molecule has 1 rings (SSSR count). The molecule has 0 aliphatic rings. The van der Waals surface area contributed by atoms with Crippen LogP contribution in [-0.4, -0.2) is 18.9 Å². The summed E-state index contributed by atoms with van der Waals surface area (Å²) in [5, 5.41) is 0. The van der Waals surface area contributed by atoms with Gasteiger partial charge in [0.2, 0.25) is 0 Å². The molecule has 0 saturated heterocycles. The van der Waals surface area contributed by atoms with Crippen molar-refractivity contribution in [1.82, 2.24) is 0 Å². The molecule has 0 spiro atoms. The zero-order chi connectivity index (χ0) is 15.2. The fourth-order valence-electron chi connectivity index (χ4n) is 1.66. The lowest BCUT2D eigenvalue weighted by Crippen LogP contribution is -2.26. The predicted octanol–water partition coefficient (Wildman–Crippen LogP) is 4.41. The van der Waals surface area contributed by atoms with Crippen LogP contribution in [0.1, 0.15) is 18.6 Å². The van der Waals surface area contributed by atoms with E-state index in [-0.39, 0.29) is 0 Å². The number of alkyl halides is 3. The lowest BCUT2D eigenvalue weighted by atomic mass is 10.0. The van der Waals surface area contributed by atoms with E-state index >= 15 is 0 Å². The van der Waals surface area contributed by atoms with E-state index in [4.69, 9.17) is 9.47 Å². The van der Waals surface area contributed by atoms with Crippen molar-refractivity contribution in [2.45, 2.75) is 25.3 Å². The molecule has 0 heterocycles. The van der Waals surface area contributed by atoms with Crippen molar-refractivity contribution in [2.75, 3.05) is 6.61 Å². The molecular weight excluding hydrogens is 269 g/mol. The van der Waals surface area contributed by atoms with Crippen LogP contribution in [0, 0.1) is 0 Å². The van der Waals surface area contributed by atoms with Gasteiger partial charge in [-0.05, 0) is 12.5 Å². The Kier molecular flexibility index (Phi) is 5.82. The second kappa shape index (κ2) is 7.14. The van der Waals surface area contributed by atoms with Crippen molar-refractivity contribution in [3.63, 3.8) is 0 Å². The molecule has 0 bridgehead atoms. The van der Waals surface area contributed by atoms with E-state index < -0.39 is 24.1 Å². The highest BCUT2D eigenvalue weighted by Gasteiger charge is 2.37. The summed E-state index contributed by atoms with van der Waals surface area (Å²) in [6.45, 7) is 8.59. The molecule has 0 N–H and O–H groups in total. The number of hydrogen-bond donors (Lipinski definition) is 0. The van der Waals surface area contributed by atoms with Gasteiger partial charge < -0.3 is 9.47 Å². The number of rotatable bonds is 7. The molecule has 1 aromatic rings. The van der Waals surface area contributed by atoms with Crippen LogP contribution in [0.3, 0.4) is 0 Å². The number of allylic oxidation sites excluding steroid dienone is 1. The van der Waals surface area contributed by atoms with Crippen LogP contribution < -0.4 is 0 Å². The van der Waals surface area contributed by atoms with Gasteiger partial charge in [0.25, 0.3) is 0 Å². The third kappa shape index (κ3) is 4.42. The van der Waals surface area contributed by atoms with Crippen molar-refractivity contribution in [2.24, 2.45) is 0 Å². The summed E-state index contributed by atoms with van der Waals surface area (Å²) < 4.78 is 48.1. The second-order valence-electron chi connectivity index (χ2n) is 4.03. The van der Waals surface area contributed by atoms with Gasteiger partial charge in [0.15, 0.2) is 11.9 Å². The van der Waals surface area contributed by atoms with Crippen LogP contribution in [0.5, 0.6) is 0 Å². The van der Waals surface area contributed by atoms with Crippen molar-refractivity contribution >= 4 is 0 Å². The molecule has 5 heteroatoms. The summed E-state index contributed by atoms with van der Waals surface area (Å²) in [6.07, 6.45) is -4.82. The first-order valence-electron chi connectivity index (χ1n) is 6.12. The number of hydrogen-bond acceptors (Lipinski definition) is 2. The Morgan fingerprint density at radius 1 is 1.30 bits per heavy atom. The summed E-state index contributed by atoms with van der Waals surface area (Å²) in [6, 6.07) is 8.54. The maximum Gasteiger partial charge on any atom is 0.448 e. The molecule has 0 radical (unpaired) electrons. The van der Waals surface area contributed by atoms with Gasteiger partial charge >= 0.3 is 6.18 Å². The molecule has 1 aromatic carbocycles. The van der Waals surface area contributed by atoms with Crippen LogP contribution in [0.25, 0.3) is 0 Å². The molecule has 0 amide bonds. The lowest BCUT2D eigenvalue weighted by Gasteiger charge is -2.27. The Balaban J connectivity index is 3.02. The normalized spacial score (nSPS) is 14.4. The molecule has 0 saturated carbocycles. The molecule has 2 nitrogen and oxygen atoms in total. The average Bonchev–Trinajstić information content (AvgIpc) is 2.42. The fraction of sp³-hybridized carbons (Fsp3) is 0.333. The Morgan fingerprint density at radius 2 is 1.90 bits per heavy atom. The summed E-state index contributed by atoms with van der Waals surface area (Å²) in [7, 11) is 0. The first-order valence-corrected chi connectivity index (χ1v) is 6.12. The number of benzene rings is 1. The monoisotopic (exact) mass is 286 g/mol. The SMILES string of the molecule is C=CC(OCC)C(OC(=C)C(F)(F)F)c1ccccc1. The van der Waals surface area contributed by atoms with Gasteiger partial charge in [-0.1, -0.05) is 43.0 Å². The minimum Gasteiger partial charge on any atom is -0.478 e. The van der Waals surface area contributed by atoms with Crippen LogP contribution in [0.15, 0.2) is 55.3 Å². The van der Waals surface area contributed by atoms with Crippen LogP contribution in [0.2, 0.25) is 0 Å². The van der Waals surface area contributed by atoms with Crippen molar-refractivity contribution < 1.29 is 22.6 Å². The van der Waals surface area contributed by atoms with E-state index in [1.54, 1.807) is 37.3 Å². The molecule has 2 unspecified atom stereocenters. The van der Waals surface area contributed by atoms with E-state index in [1.165, 1.54) is 6.08 Å². The summed E-state index contributed by atoms with van der Waals surface area (Å²) in [4.78, 5) is 0. The highest BCUT2D eigenvalue weighted by molar-refractivity contribution is 5.21. The van der Waals surface area contributed by atoms with E-state index in [9.17, 15) is 13.2 Å². The van der Waals surface area contributed by atoms with Gasteiger partial charge in [-0.25, -0.2) is 0 Å². The summed E-state index contributed by atoms with van der Waals surface area (Å²) >= 11 is 0. The quantitative estimate of drug-likeness (QED) is 0.546. The van der Waals surface area contributed by atoms with Crippen molar-refractivity contribution in [3.05, 3.63) is 60.9 Å². The minimum absolute atomic E-state index is 0.335. The maximum absolute atomic E-state index is 12.6. The van der Waals surface area contributed by atoms with Gasteiger partial charge in [0, 0.05) is 6.61 Å². The van der Waals surface area contributed by atoms with Crippen molar-refractivity contribution in [1.29, 1.82) is 0 Å². The first-order chi connectivity index (χ1) is 9.40. The summed E-state index contributed by atoms with van der Waals surface area (Å²) in [5.74, 6) is -1.25. The van der Waals surface area contributed by atoms with Crippen LogP contribution >= 0.6 is 0 Å². The van der Waals surface area contributed by atoms with E-state index in [2.05, 4.69) is 13.2 Å². The van der Waals surface area contributed by atoms with E-state index in [1.807, 2.05) is 0 Å². The number of ether oxygens (including phenoxy) is 2. The average molecular weight is 286 g/mol. The highest BCUT2D eigenvalue weighted by atomic mass is 19.4. The molecule has 0 aliphatic heterocycles.